The molecule has 28 heavy (non-hydrogen) atoms. The van der Waals surface area contributed by atoms with Crippen molar-refractivity contribution in [1.82, 2.24) is 4.90 Å². The average molecular weight is 389 g/mol. The number of hydrogen-bond donors (Lipinski definition) is 1. The van der Waals surface area contributed by atoms with Crippen molar-refractivity contribution in [2.24, 2.45) is 17.8 Å². The molecule has 0 radical (unpaired) electrons. The fourth-order valence-corrected chi connectivity index (χ4v) is 4.64. The molecule has 3 rings (SSSR count). The maximum atomic E-state index is 12.5. The first-order valence-corrected chi connectivity index (χ1v) is 10.4. The molecule has 6 heteroatoms. The molecule has 2 aliphatic rings. The average Bonchev–Trinajstić information content (AvgIpc) is 3.27. The number of carbonyl (C=O) groups is 2. The van der Waals surface area contributed by atoms with Crippen molar-refractivity contribution >= 4 is 17.5 Å². The summed E-state index contributed by atoms with van der Waals surface area (Å²) >= 11 is 0. The molecular formula is C22H32N2O4. The molecule has 1 aromatic rings. The van der Waals surface area contributed by atoms with Crippen LogP contribution in [0.3, 0.4) is 0 Å². The Labute approximate surface area is 167 Å². The number of amides is 2. The second-order valence-electron chi connectivity index (χ2n) is 7.96. The number of nitrogens with one attached hydrogen (secondary N) is 1. The topological polar surface area (TPSA) is 67.9 Å². The van der Waals surface area contributed by atoms with Gasteiger partial charge in [-0.3, -0.25) is 9.59 Å². The van der Waals surface area contributed by atoms with Crippen molar-refractivity contribution in [3.05, 3.63) is 18.2 Å². The lowest BCUT2D eigenvalue weighted by Crippen LogP contribution is -2.36. The number of carbonyl (C=O) groups excluding carboxylic acids is 2. The minimum absolute atomic E-state index is 0.0524. The van der Waals surface area contributed by atoms with Crippen LogP contribution >= 0.6 is 0 Å². The number of benzene rings is 1. The lowest BCUT2D eigenvalue weighted by atomic mass is 9.86. The van der Waals surface area contributed by atoms with Crippen LogP contribution in [-0.4, -0.2) is 43.5 Å². The predicted octanol–water partition coefficient (Wildman–Crippen LogP) is 3.71. The first kappa shape index (κ1) is 20.5. The summed E-state index contributed by atoms with van der Waals surface area (Å²) in [4.78, 5) is 26.5. The Bertz CT molecular complexity index is 706. The molecule has 1 aromatic carbocycles. The zero-order chi connectivity index (χ0) is 20.1. The SMILES string of the molecule is CCOc1ccc(NC(=O)CN(C)C(=O)C[C@@H]2C[C@H]3CC[C@H]2C3)cc1OCC. The number of likely N-dealkylation sites (N-methyl/N-ethyl adjacent to an activating group) is 1. The van der Waals surface area contributed by atoms with Gasteiger partial charge < -0.3 is 19.7 Å². The molecule has 2 aliphatic carbocycles. The third-order valence-electron chi connectivity index (χ3n) is 5.96. The predicted molar refractivity (Wildman–Crippen MR) is 109 cm³/mol. The minimum atomic E-state index is -0.213. The Hall–Kier alpha value is -2.24. The summed E-state index contributed by atoms with van der Waals surface area (Å²) in [5, 5.41) is 2.85. The monoisotopic (exact) mass is 388 g/mol. The fraction of sp³-hybridized carbons (Fsp3) is 0.636. The van der Waals surface area contributed by atoms with Crippen molar-refractivity contribution in [3.63, 3.8) is 0 Å². The van der Waals surface area contributed by atoms with E-state index in [9.17, 15) is 9.59 Å². The van der Waals surface area contributed by atoms with Gasteiger partial charge in [0.1, 0.15) is 0 Å². The quantitative estimate of drug-likeness (QED) is 0.700. The molecule has 0 aromatic heterocycles. The van der Waals surface area contributed by atoms with Crippen LogP contribution in [0.4, 0.5) is 5.69 Å². The van der Waals surface area contributed by atoms with E-state index in [1.807, 2.05) is 13.8 Å². The largest absolute Gasteiger partial charge is 0.490 e. The molecule has 2 bridgehead atoms. The Balaban J connectivity index is 1.51. The van der Waals surface area contributed by atoms with E-state index in [-0.39, 0.29) is 18.4 Å². The second-order valence-corrected chi connectivity index (χ2v) is 7.96. The van der Waals surface area contributed by atoms with Crippen LogP contribution in [0.1, 0.15) is 46.0 Å². The van der Waals surface area contributed by atoms with Crippen LogP contribution in [0.2, 0.25) is 0 Å². The van der Waals surface area contributed by atoms with E-state index < -0.39 is 0 Å². The first-order valence-electron chi connectivity index (χ1n) is 10.4. The van der Waals surface area contributed by atoms with Gasteiger partial charge in [-0.25, -0.2) is 0 Å². The van der Waals surface area contributed by atoms with Crippen LogP contribution in [-0.2, 0) is 9.59 Å². The van der Waals surface area contributed by atoms with Gasteiger partial charge in [-0.2, -0.15) is 0 Å². The Morgan fingerprint density at radius 3 is 2.50 bits per heavy atom. The van der Waals surface area contributed by atoms with E-state index in [0.717, 1.165) is 11.8 Å². The number of anilines is 1. The van der Waals surface area contributed by atoms with Crippen LogP contribution in [0.25, 0.3) is 0 Å². The zero-order valence-electron chi connectivity index (χ0n) is 17.2. The molecule has 3 atom stereocenters. The Morgan fingerprint density at radius 2 is 1.86 bits per heavy atom. The lowest BCUT2D eigenvalue weighted by Gasteiger charge is -2.24. The van der Waals surface area contributed by atoms with Crippen molar-refractivity contribution in [2.45, 2.75) is 46.0 Å². The lowest BCUT2D eigenvalue weighted by molar-refractivity contribution is -0.134. The molecule has 2 amide bonds. The van der Waals surface area contributed by atoms with E-state index in [1.54, 1.807) is 30.1 Å². The van der Waals surface area contributed by atoms with E-state index in [2.05, 4.69) is 5.32 Å². The molecule has 0 saturated heterocycles. The molecule has 1 N–H and O–H groups in total. The highest BCUT2D eigenvalue weighted by Gasteiger charge is 2.40. The number of rotatable bonds is 9. The van der Waals surface area contributed by atoms with Gasteiger partial charge in [0.2, 0.25) is 11.8 Å². The highest BCUT2D eigenvalue weighted by Crippen LogP contribution is 2.49. The van der Waals surface area contributed by atoms with Gasteiger partial charge in [-0.15, -0.1) is 0 Å². The van der Waals surface area contributed by atoms with Gasteiger partial charge in [0.15, 0.2) is 11.5 Å². The molecule has 0 spiro atoms. The molecular weight excluding hydrogens is 356 g/mol. The molecule has 6 nitrogen and oxygen atoms in total. The minimum Gasteiger partial charge on any atom is -0.490 e. The first-order chi connectivity index (χ1) is 13.5. The summed E-state index contributed by atoms with van der Waals surface area (Å²) in [6.07, 6.45) is 5.65. The van der Waals surface area contributed by atoms with Gasteiger partial charge >= 0.3 is 0 Å². The number of nitrogens with zero attached hydrogens (tertiary/aromatic N) is 1. The smallest absolute Gasteiger partial charge is 0.243 e. The molecule has 154 valence electrons. The summed E-state index contributed by atoms with van der Waals surface area (Å²) in [6.45, 7) is 4.92. The van der Waals surface area contributed by atoms with Gasteiger partial charge in [0.25, 0.3) is 0 Å². The maximum absolute atomic E-state index is 12.5. The highest BCUT2D eigenvalue weighted by molar-refractivity contribution is 5.94. The molecule has 0 aliphatic heterocycles. The third kappa shape index (κ3) is 4.97. The summed E-state index contributed by atoms with van der Waals surface area (Å²) in [7, 11) is 1.71. The van der Waals surface area contributed by atoms with Gasteiger partial charge in [-0.1, -0.05) is 6.42 Å². The highest BCUT2D eigenvalue weighted by atomic mass is 16.5. The molecule has 0 unspecified atom stereocenters. The normalized spacial score (nSPS) is 22.8. The van der Waals surface area contributed by atoms with Crippen molar-refractivity contribution in [1.29, 1.82) is 0 Å². The summed E-state index contributed by atoms with van der Waals surface area (Å²) in [5.74, 6) is 3.16. The van der Waals surface area contributed by atoms with Crippen LogP contribution in [0.15, 0.2) is 18.2 Å². The van der Waals surface area contributed by atoms with Crippen molar-refractivity contribution < 1.29 is 19.1 Å². The number of ether oxygens (including phenoxy) is 2. The third-order valence-corrected chi connectivity index (χ3v) is 5.96. The van der Waals surface area contributed by atoms with E-state index >= 15 is 0 Å². The standard InChI is InChI=1S/C22H32N2O4/c1-4-27-19-9-8-18(13-20(19)28-5-2)23-21(25)14-24(3)22(26)12-17-11-15-6-7-16(17)10-15/h8-9,13,15-17H,4-7,10-12,14H2,1-3H3,(H,23,25)/t15-,16-,17-/m0/s1. The summed E-state index contributed by atoms with van der Waals surface area (Å²) < 4.78 is 11.1. The second kappa shape index (κ2) is 9.30. The Kier molecular flexibility index (Phi) is 6.81. The molecule has 2 saturated carbocycles. The summed E-state index contributed by atoms with van der Waals surface area (Å²) in [5.41, 5.74) is 0.630. The van der Waals surface area contributed by atoms with Crippen LogP contribution < -0.4 is 14.8 Å². The van der Waals surface area contributed by atoms with Gasteiger partial charge in [0.05, 0.1) is 19.8 Å². The maximum Gasteiger partial charge on any atom is 0.243 e. The van der Waals surface area contributed by atoms with Crippen LogP contribution in [0, 0.1) is 17.8 Å². The Morgan fingerprint density at radius 1 is 1.11 bits per heavy atom. The number of fused-ring (bicyclic) bond motifs is 2. The van der Waals surface area contributed by atoms with E-state index in [1.165, 1.54) is 25.7 Å². The summed E-state index contributed by atoms with van der Waals surface area (Å²) in [6, 6.07) is 5.32. The molecule has 0 heterocycles. The van der Waals surface area contributed by atoms with Crippen LogP contribution in [0.5, 0.6) is 11.5 Å². The van der Waals surface area contributed by atoms with Gasteiger partial charge in [0, 0.05) is 25.2 Å². The zero-order valence-corrected chi connectivity index (χ0v) is 17.2. The van der Waals surface area contributed by atoms with Gasteiger partial charge in [-0.05, 0) is 63.0 Å². The van der Waals surface area contributed by atoms with Crippen molar-refractivity contribution in [3.8, 4) is 11.5 Å². The number of hydrogen-bond acceptors (Lipinski definition) is 4. The fourth-order valence-electron chi connectivity index (χ4n) is 4.64. The molecule has 2 fully saturated rings. The van der Waals surface area contributed by atoms with E-state index in [4.69, 9.17) is 9.47 Å². The van der Waals surface area contributed by atoms with E-state index in [0.29, 0.717) is 42.7 Å². The van der Waals surface area contributed by atoms with Crippen molar-refractivity contribution in [2.75, 3.05) is 32.1 Å².